The number of aromatic nitrogens is 3. The van der Waals surface area contributed by atoms with E-state index in [0.717, 1.165) is 10.2 Å². The summed E-state index contributed by atoms with van der Waals surface area (Å²) >= 11 is 0. The minimum atomic E-state index is -1.03. The number of rotatable bonds is 6. The van der Waals surface area contributed by atoms with Gasteiger partial charge in [0.05, 0.1) is 5.60 Å². The molecule has 23 heavy (non-hydrogen) atoms. The van der Waals surface area contributed by atoms with E-state index in [4.69, 9.17) is 0 Å². The molecule has 0 saturated heterocycles. The summed E-state index contributed by atoms with van der Waals surface area (Å²) in [7, 11) is 1.58. The molecular formula is C16H22N4O3. The largest absolute Gasteiger partial charge is 0.389 e. The minimum Gasteiger partial charge on any atom is -0.389 e. The Morgan fingerprint density at radius 2 is 1.96 bits per heavy atom. The molecule has 1 N–H and O–H groups in total. The Morgan fingerprint density at radius 3 is 2.48 bits per heavy atom. The molecule has 0 radical (unpaired) electrons. The second-order valence-electron chi connectivity index (χ2n) is 6.23. The average molecular weight is 318 g/mol. The molecule has 0 aliphatic heterocycles. The maximum Gasteiger partial charge on any atom is 0.345 e. The van der Waals surface area contributed by atoms with Gasteiger partial charge in [0.2, 0.25) is 5.91 Å². The fraction of sp³-hybridized carbons (Fsp3) is 0.438. The Bertz CT molecular complexity index is 713. The van der Waals surface area contributed by atoms with Gasteiger partial charge in [0.15, 0.2) is 0 Å². The molecule has 7 nitrogen and oxygen atoms in total. The van der Waals surface area contributed by atoms with Gasteiger partial charge >= 0.3 is 5.69 Å². The quantitative estimate of drug-likeness (QED) is 0.835. The van der Waals surface area contributed by atoms with Gasteiger partial charge in [-0.2, -0.15) is 5.10 Å². The molecule has 0 bridgehead atoms. The molecule has 1 amide bonds. The second-order valence-corrected chi connectivity index (χ2v) is 6.23. The molecule has 0 unspecified atom stereocenters. The molecule has 1 aromatic heterocycles. The lowest BCUT2D eigenvalue weighted by Crippen LogP contribution is -2.44. The van der Waals surface area contributed by atoms with Gasteiger partial charge in [0.1, 0.15) is 12.9 Å². The van der Waals surface area contributed by atoms with Crippen molar-refractivity contribution in [2.45, 2.75) is 32.5 Å². The highest BCUT2D eigenvalue weighted by Crippen LogP contribution is 2.11. The van der Waals surface area contributed by atoms with Crippen LogP contribution in [0.2, 0.25) is 0 Å². The van der Waals surface area contributed by atoms with E-state index in [0.29, 0.717) is 6.54 Å². The number of benzene rings is 1. The first-order valence-electron chi connectivity index (χ1n) is 7.39. The Hall–Kier alpha value is -2.41. The third-order valence-electron chi connectivity index (χ3n) is 3.32. The first-order chi connectivity index (χ1) is 10.8. The van der Waals surface area contributed by atoms with E-state index >= 15 is 0 Å². The SMILES string of the molecule is Cn1cnn(CC(=O)N(Cc2ccccc2)CC(C)(C)O)c1=O. The van der Waals surface area contributed by atoms with Crippen molar-refractivity contribution in [2.24, 2.45) is 7.05 Å². The number of amides is 1. The summed E-state index contributed by atoms with van der Waals surface area (Å²) in [6.07, 6.45) is 1.37. The third kappa shape index (κ3) is 4.79. The van der Waals surface area contributed by atoms with E-state index in [2.05, 4.69) is 5.10 Å². The molecule has 0 atom stereocenters. The van der Waals surface area contributed by atoms with Crippen LogP contribution in [0, 0.1) is 0 Å². The zero-order valence-corrected chi connectivity index (χ0v) is 13.6. The Labute approximate surface area is 134 Å². The molecule has 0 spiro atoms. The van der Waals surface area contributed by atoms with Crippen molar-refractivity contribution in [3.05, 3.63) is 52.7 Å². The summed E-state index contributed by atoms with van der Waals surface area (Å²) in [5.41, 5.74) is -0.417. The zero-order valence-electron chi connectivity index (χ0n) is 13.6. The number of aliphatic hydroxyl groups is 1. The van der Waals surface area contributed by atoms with Crippen molar-refractivity contribution in [1.29, 1.82) is 0 Å². The van der Waals surface area contributed by atoms with Gasteiger partial charge in [-0.1, -0.05) is 30.3 Å². The van der Waals surface area contributed by atoms with Crippen LogP contribution in [0.15, 0.2) is 41.5 Å². The van der Waals surface area contributed by atoms with E-state index in [-0.39, 0.29) is 24.7 Å². The van der Waals surface area contributed by atoms with Gasteiger partial charge < -0.3 is 10.0 Å². The van der Waals surface area contributed by atoms with E-state index < -0.39 is 5.60 Å². The topological polar surface area (TPSA) is 80.4 Å². The lowest BCUT2D eigenvalue weighted by molar-refractivity contribution is -0.135. The van der Waals surface area contributed by atoms with Crippen molar-refractivity contribution in [1.82, 2.24) is 19.2 Å². The first kappa shape index (κ1) is 17.0. The molecule has 0 aliphatic carbocycles. The predicted molar refractivity (Wildman–Crippen MR) is 85.6 cm³/mol. The molecule has 1 aromatic carbocycles. The number of nitrogens with zero attached hydrogens (tertiary/aromatic N) is 4. The number of carbonyl (C=O) groups excluding carboxylic acids is 1. The highest BCUT2D eigenvalue weighted by molar-refractivity contribution is 5.76. The van der Waals surface area contributed by atoms with Gasteiger partial charge in [0, 0.05) is 20.1 Å². The summed E-state index contributed by atoms with van der Waals surface area (Å²) in [5, 5.41) is 14.0. The molecule has 2 rings (SSSR count). The van der Waals surface area contributed by atoms with E-state index in [9.17, 15) is 14.7 Å². The maximum absolute atomic E-state index is 12.6. The molecule has 2 aromatic rings. The molecule has 7 heteroatoms. The van der Waals surface area contributed by atoms with Crippen molar-refractivity contribution in [3.8, 4) is 0 Å². The van der Waals surface area contributed by atoms with Gasteiger partial charge in [-0.15, -0.1) is 0 Å². The van der Waals surface area contributed by atoms with Gasteiger partial charge in [-0.25, -0.2) is 9.48 Å². The summed E-state index contributed by atoms with van der Waals surface area (Å²) in [4.78, 5) is 25.9. The lowest BCUT2D eigenvalue weighted by atomic mass is 10.1. The van der Waals surface area contributed by atoms with Crippen LogP contribution in [-0.4, -0.2) is 42.4 Å². The van der Waals surface area contributed by atoms with Crippen molar-refractivity contribution >= 4 is 5.91 Å². The van der Waals surface area contributed by atoms with Crippen LogP contribution in [-0.2, 0) is 24.9 Å². The fourth-order valence-electron chi connectivity index (χ4n) is 2.26. The van der Waals surface area contributed by atoms with E-state index in [1.54, 1.807) is 20.9 Å². The Balaban J connectivity index is 2.17. The molecular weight excluding hydrogens is 296 g/mol. The predicted octanol–water partition coefficient (Wildman–Crippen LogP) is 0.381. The van der Waals surface area contributed by atoms with Crippen LogP contribution in [0.1, 0.15) is 19.4 Å². The van der Waals surface area contributed by atoms with Crippen molar-refractivity contribution < 1.29 is 9.90 Å². The van der Waals surface area contributed by atoms with Crippen LogP contribution in [0.5, 0.6) is 0 Å². The summed E-state index contributed by atoms with van der Waals surface area (Å²) in [5.74, 6) is -0.267. The lowest BCUT2D eigenvalue weighted by Gasteiger charge is -2.29. The smallest absolute Gasteiger partial charge is 0.345 e. The van der Waals surface area contributed by atoms with Gasteiger partial charge in [-0.3, -0.25) is 9.36 Å². The molecule has 124 valence electrons. The molecule has 0 fully saturated rings. The van der Waals surface area contributed by atoms with Crippen LogP contribution in [0.25, 0.3) is 0 Å². The first-order valence-corrected chi connectivity index (χ1v) is 7.39. The van der Waals surface area contributed by atoms with Crippen LogP contribution >= 0.6 is 0 Å². The average Bonchev–Trinajstić information content (AvgIpc) is 2.78. The summed E-state index contributed by atoms with van der Waals surface area (Å²) in [6, 6.07) is 9.52. The summed E-state index contributed by atoms with van der Waals surface area (Å²) in [6.45, 7) is 3.67. The fourth-order valence-corrected chi connectivity index (χ4v) is 2.26. The number of aryl methyl sites for hydroxylation is 1. The third-order valence-corrected chi connectivity index (χ3v) is 3.32. The second kappa shape index (κ2) is 6.78. The van der Waals surface area contributed by atoms with Crippen molar-refractivity contribution in [2.75, 3.05) is 6.54 Å². The molecule has 1 heterocycles. The highest BCUT2D eigenvalue weighted by atomic mass is 16.3. The van der Waals surface area contributed by atoms with Gasteiger partial charge in [-0.05, 0) is 19.4 Å². The molecule has 0 saturated carbocycles. The Morgan fingerprint density at radius 1 is 1.30 bits per heavy atom. The standard InChI is InChI=1S/C16H22N4O3/c1-16(2,23)11-19(9-13-7-5-4-6-8-13)14(21)10-20-15(22)18(3)12-17-20/h4-8,12,23H,9-11H2,1-3H3. The number of hydrogen-bond acceptors (Lipinski definition) is 4. The van der Waals surface area contributed by atoms with Crippen molar-refractivity contribution in [3.63, 3.8) is 0 Å². The van der Waals surface area contributed by atoms with Crippen LogP contribution in [0.4, 0.5) is 0 Å². The number of hydrogen-bond donors (Lipinski definition) is 1. The van der Waals surface area contributed by atoms with E-state index in [1.165, 1.54) is 15.8 Å². The zero-order chi connectivity index (χ0) is 17.0. The normalized spacial score (nSPS) is 11.5. The van der Waals surface area contributed by atoms with Crippen LogP contribution < -0.4 is 5.69 Å². The maximum atomic E-state index is 12.6. The molecule has 0 aliphatic rings. The Kier molecular flexibility index (Phi) is 5.00. The monoisotopic (exact) mass is 318 g/mol. The minimum absolute atomic E-state index is 0.150. The highest BCUT2D eigenvalue weighted by Gasteiger charge is 2.23. The number of carbonyl (C=O) groups is 1. The van der Waals surface area contributed by atoms with Gasteiger partial charge in [0.25, 0.3) is 0 Å². The van der Waals surface area contributed by atoms with Crippen LogP contribution in [0.3, 0.4) is 0 Å². The summed E-state index contributed by atoms with van der Waals surface area (Å²) < 4.78 is 2.43. The van der Waals surface area contributed by atoms with E-state index in [1.807, 2.05) is 30.3 Å².